The van der Waals surface area contributed by atoms with Gasteiger partial charge in [0.1, 0.15) is 11.6 Å². The van der Waals surface area contributed by atoms with E-state index in [0.29, 0.717) is 23.8 Å². The number of amides is 2. The Balaban J connectivity index is 1.67. The van der Waals surface area contributed by atoms with E-state index in [-0.39, 0.29) is 18.2 Å². The molecule has 2 amide bonds. The van der Waals surface area contributed by atoms with Crippen molar-refractivity contribution in [1.82, 2.24) is 4.98 Å². The lowest BCUT2D eigenvalue weighted by molar-refractivity contribution is -0.125. The Morgan fingerprint density at radius 1 is 1.25 bits per heavy atom. The molecule has 0 aliphatic carbocycles. The van der Waals surface area contributed by atoms with Crippen molar-refractivity contribution >= 4 is 23.3 Å². The smallest absolute Gasteiger partial charge is 0.267 e. The first kappa shape index (κ1) is 16.0. The molecule has 0 saturated carbocycles. The maximum atomic E-state index is 12.4. The molecule has 0 spiro atoms. The van der Waals surface area contributed by atoms with Crippen LogP contribution in [0.3, 0.4) is 0 Å². The average Bonchev–Trinajstić information content (AvgIpc) is 2.55. The van der Waals surface area contributed by atoms with E-state index in [4.69, 9.17) is 4.74 Å². The number of carbonyl (C=O) groups is 2. The van der Waals surface area contributed by atoms with Gasteiger partial charge in [0.25, 0.3) is 5.91 Å². The third-order valence-corrected chi connectivity index (χ3v) is 3.79. The number of aromatic nitrogens is 1. The molecule has 3 rings (SSSR count). The molecule has 1 N–H and O–H groups in total. The SMILES string of the molecule is Cc1cccc(NC(=O)CCN2C(=O)C(C)Oc3ccccc32)n1. The molecular weight excluding hydrogens is 306 g/mol. The molecule has 2 aromatic rings. The summed E-state index contributed by atoms with van der Waals surface area (Å²) in [6.45, 7) is 3.86. The number of benzene rings is 1. The maximum absolute atomic E-state index is 12.4. The summed E-state index contributed by atoms with van der Waals surface area (Å²) in [7, 11) is 0. The number of hydrogen-bond acceptors (Lipinski definition) is 4. The molecule has 1 unspecified atom stereocenters. The molecular formula is C18H19N3O3. The Morgan fingerprint density at radius 3 is 2.83 bits per heavy atom. The van der Waals surface area contributed by atoms with E-state index >= 15 is 0 Å². The number of ether oxygens (including phenoxy) is 1. The van der Waals surface area contributed by atoms with Crippen molar-refractivity contribution in [2.75, 3.05) is 16.8 Å². The molecule has 0 saturated heterocycles. The Labute approximate surface area is 140 Å². The van der Waals surface area contributed by atoms with Gasteiger partial charge in [-0.1, -0.05) is 18.2 Å². The first-order valence-electron chi connectivity index (χ1n) is 7.85. The molecule has 0 fully saturated rings. The summed E-state index contributed by atoms with van der Waals surface area (Å²) in [6, 6.07) is 12.8. The standard InChI is InChI=1S/C18H19N3O3/c1-12-6-5-9-16(19-12)20-17(22)10-11-21-14-7-3-4-8-15(14)24-13(2)18(21)23/h3-9,13H,10-11H2,1-2H3,(H,19,20,22). The second-order valence-electron chi connectivity index (χ2n) is 5.68. The van der Waals surface area contributed by atoms with Gasteiger partial charge < -0.3 is 15.0 Å². The van der Waals surface area contributed by atoms with Crippen LogP contribution in [-0.4, -0.2) is 29.4 Å². The molecule has 1 aliphatic rings. The zero-order valence-electron chi connectivity index (χ0n) is 13.7. The molecule has 1 aromatic carbocycles. The first-order chi connectivity index (χ1) is 11.5. The predicted molar refractivity (Wildman–Crippen MR) is 91.1 cm³/mol. The Morgan fingerprint density at radius 2 is 2.04 bits per heavy atom. The van der Waals surface area contributed by atoms with Crippen LogP contribution in [0.5, 0.6) is 5.75 Å². The van der Waals surface area contributed by atoms with Gasteiger partial charge in [0.2, 0.25) is 5.91 Å². The van der Waals surface area contributed by atoms with Crippen LogP contribution in [-0.2, 0) is 9.59 Å². The fourth-order valence-corrected chi connectivity index (χ4v) is 2.62. The van der Waals surface area contributed by atoms with Crippen molar-refractivity contribution < 1.29 is 14.3 Å². The summed E-state index contributed by atoms with van der Waals surface area (Å²) >= 11 is 0. The molecule has 0 radical (unpaired) electrons. The number of nitrogens with one attached hydrogen (secondary N) is 1. The third-order valence-electron chi connectivity index (χ3n) is 3.79. The van der Waals surface area contributed by atoms with E-state index < -0.39 is 6.10 Å². The topological polar surface area (TPSA) is 71.5 Å². The Bertz CT molecular complexity index is 776. The number of para-hydroxylation sites is 2. The van der Waals surface area contributed by atoms with Gasteiger partial charge in [0.15, 0.2) is 6.10 Å². The van der Waals surface area contributed by atoms with Crippen LogP contribution in [0, 0.1) is 6.92 Å². The second-order valence-corrected chi connectivity index (χ2v) is 5.68. The average molecular weight is 325 g/mol. The highest BCUT2D eigenvalue weighted by molar-refractivity contribution is 6.00. The van der Waals surface area contributed by atoms with Gasteiger partial charge in [0.05, 0.1) is 5.69 Å². The zero-order valence-corrected chi connectivity index (χ0v) is 13.7. The quantitative estimate of drug-likeness (QED) is 0.937. The monoisotopic (exact) mass is 325 g/mol. The van der Waals surface area contributed by atoms with Gasteiger partial charge in [-0.3, -0.25) is 9.59 Å². The van der Waals surface area contributed by atoms with Gasteiger partial charge in [-0.2, -0.15) is 0 Å². The minimum atomic E-state index is -0.554. The van der Waals surface area contributed by atoms with Crippen LogP contribution in [0.4, 0.5) is 11.5 Å². The molecule has 6 heteroatoms. The van der Waals surface area contributed by atoms with E-state index in [2.05, 4.69) is 10.3 Å². The van der Waals surface area contributed by atoms with Crippen molar-refractivity contribution in [3.05, 3.63) is 48.2 Å². The minimum Gasteiger partial charge on any atom is -0.479 e. The van der Waals surface area contributed by atoms with Crippen molar-refractivity contribution in [1.29, 1.82) is 0 Å². The Hall–Kier alpha value is -2.89. The van der Waals surface area contributed by atoms with Crippen LogP contribution < -0.4 is 15.0 Å². The third kappa shape index (κ3) is 3.37. The molecule has 6 nitrogen and oxygen atoms in total. The molecule has 1 aromatic heterocycles. The maximum Gasteiger partial charge on any atom is 0.267 e. The summed E-state index contributed by atoms with van der Waals surface area (Å²) in [5, 5.41) is 2.75. The van der Waals surface area contributed by atoms with Crippen molar-refractivity contribution in [2.24, 2.45) is 0 Å². The van der Waals surface area contributed by atoms with Crippen LogP contribution in [0.15, 0.2) is 42.5 Å². The zero-order chi connectivity index (χ0) is 17.1. The lowest BCUT2D eigenvalue weighted by atomic mass is 10.1. The highest BCUT2D eigenvalue weighted by Crippen LogP contribution is 2.33. The summed E-state index contributed by atoms with van der Waals surface area (Å²) < 4.78 is 5.59. The van der Waals surface area contributed by atoms with Crippen LogP contribution in [0.25, 0.3) is 0 Å². The number of pyridine rings is 1. The van der Waals surface area contributed by atoms with Crippen LogP contribution in [0.1, 0.15) is 19.0 Å². The highest BCUT2D eigenvalue weighted by atomic mass is 16.5. The van der Waals surface area contributed by atoms with Crippen LogP contribution >= 0.6 is 0 Å². The van der Waals surface area contributed by atoms with E-state index in [0.717, 1.165) is 5.69 Å². The summed E-state index contributed by atoms with van der Waals surface area (Å²) in [5.41, 5.74) is 1.53. The van der Waals surface area contributed by atoms with Gasteiger partial charge in [-0.25, -0.2) is 4.98 Å². The van der Waals surface area contributed by atoms with Gasteiger partial charge in [-0.05, 0) is 38.1 Å². The van der Waals surface area contributed by atoms with E-state index in [1.807, 2.05) is 43.3 Å². The second kappa shape index (κ2) is 6.70. The fraction of sp³-hybridized carbons (Fsp3) is 0.278. The van der Waals surface area contributed by atoms with E-state index in [1.54, 1.807) is 17.9 Å². The molecule has 124 valence electrons. The number of rotatable bonds is 4. The van der Waals surface area contributed by atoms with Gasteiger partial charge >= 0.3 is 0 Å². The minimum absolute atomic E-state index is 0.143. The number of anilines is 2. The van der Waals surface area contributed by atoms with Crippen molar-refractivity contribution in [2.45, 2.75) is 26.4 Å². The molecule has 0 bridgehead atoms. The van der Waals surface area contributed by atoms with Crippen molar-refractivity contribution in [3.63, 3.8) is 0 Å². The number of aryl methyl sites for hydroxylation is 1. The summed E-state index contributed by atoms with van der Waals surface area (Å²) in [5.74, 6) is 0.847. The van der Waals surface area contributed by atoms with Gasteiger partial charge in [0, 0.05) is 18.7 Å². The van der Waals surface area contributed by atoms with E-state index in [1.165, 1.54) is 0 Å². The molecule has 2 heterocycles. The largest absolute Gasteiger partial charge is 0.479 e. The lowest BCUT2D eigenvalue weighted by Gasteiger charge is -2.32. The molecule has 1 aliphatic heterocycles. The Kier molecular flexibility index (Phi) is 4.46. The van der Waals surface area contributed by atoms with E-state index in [9.17, 15) is 9.59 Å². The van der Waals surface area contributed by atoms with Gasteiger partial charge in [-0.15, -0.1) is 0 Å². The molecule has 1 atom stereocenters. The number of carbonyl (C=O) groups excluding carboxylic acids is 2. The fourth-order valence-electron chi connectivity index (χ4n) is 2.62. The number of fused-ring (bicyclic) bond motifs is 1. The predicted octanol–water partition coefficient (Wildman–Crippen LogP) is 2.53. The van der Waals surface area contributed by atoms with Crippen LogP contribution in [0.2, 0.25) is 0 Å². The highest BCUT2D eigenvalue weighted by Gasteiger charge is 2.31. The summed E-state index contributed by atoms with van der Waals surface area (Å²) in [6.07, 6.45) is -0.371. The molecule has 24 heavy (non-hydrogen) atoms. The number of hydrogen-bond donors (Lipinski definition) is 1. The first-order valence-corrected chi connectivity index (χ1v) is 7.85. The lowest BCUT2D eigenvalue weighted by Crippen LogP contribution is -2.45. The van der Waals surface area contributed by atoms with Crippen molar-refractivity contribution in [3.8, 4) is 5.75 Å². The normalized spacial score (nSPS) is 16.3. The number of nitrogens with zero attached hydrogens (tertiary/aromatic N) is 2. The summed E-state index contributed by atoms with van der Waals surface area (Å²) in [4.78, 5) is 30.3.